The largest absolute Gasteiger partial charge is 0.493 e. The van der Waals surface area contributed by atoms with Crippen LogP contribution in [-0.2, 0) is 10.2 Å². The van der Waals surface area contributed by atoms with E-state index >= 15 is 0 Å². The molecule has 0 radical (unpaired) electrons. The Labute approximate surface area is 180 Å². The van der Waals surface area contributed by atoms with Crippen molar-refractivity contribution in [2.75, 3.05) is 26.1 Å². The van der Waals surface area contributed by atoms with Gasteiger partial charge in [0.05, 0.1) is 26.7 Å². The van der Waals surface area contributed by atoms with Gasteiger partial charge in [-0.25, -0.2) is 9.78 Å². The monoisotopic (exact) mass is 423 g/mol. The zero-order valence-corrected chi connectivity index (χ0v) is 17.9. The summed E-state index contributed by atoms with van der Waals surface area (Å²) >= 11 is 0. The lowest BCUT2D eigenvalue weighted by Gasteiger charge is -2.25. The van der Waals surface area contributed by atoms with Gasteiger partial charge in [0.2, 0.25) is 0 Å². The molecule has 0 spiro atoms. The van der Waals surface area contributed by atoms with Crippen molar-refractivity contribution in [1.29, 1.82) is 0 Å². The van der Waals surface area contributed by atoms with E-state index < -0.39 is 11.4 Å². The van der Waals surface area contributed by atoms with E-state index in [1.165, 1.54) is 19.6 Å². The van der Waals surface area contributed by atoms with Crippen molar-refractivity contribution in [3.05, 3.63) is 71.8 Å². The van der Waals surface area contributed by atoms with Gasteiger partial charge >= 0.3 is 5.97 Å². The van der Waals surface area contributed by atoms with Gasteiger partial charge in [-0.05, 0) is 35.9 Å². The summed E-state index contributed by atoms with van der Waals surface area (Å²) in [5.74, 6) is 0.321. The molecule has 162 valence electrons. The third-order valence-electron chi connectivity index (χ3n) is 4.85. The maximum atomic E-state index is 12.6. The van der Waals surface area contributed by atoms with Crippen molar-refractivity contribution in [2.24, 2.45) is 0 Å². The van der Waals surface area contributed by atoms with E-state index in [0.29, 0.717) is 28.4 Å². The van der Waals surface area contributed by atoms with Crippen LogP contribution in [0.15, 0.2) is 55.0 Å². The van der Waals surface area contributed by atoms with Crippen molar-refractivity contribution >= 4 is 17.6 Å². The second kappa shape index (κ2) is 9.34. The highest BCUT2D eigenvalue weighted by Gasteiger charge is 2.24. The Kier molecular flexibility index (Phi) is 6.59. The predicted molar refractivity (Wildman–Crippen MR) is 116 cm³/mol. The van der Waals surface area contributed by atoms with Gasteiger partial charge < -0.3 is 24.5 Å². The lowest BCUT2D eigenvalue weighted by Crippen LogP contribution is -2.26. The molecular weight excluding hydrogens is 398 g/mol. The molecule has 8 nitrogen and oxygen atoms in total. The Morgan fingerprint density at radius 3 is 2.35 bits per heavy atom. The van der Waals surface area contributed by atoms with Crippen LogP contribution in [0.25, 0.3) is 0 Å². The quantitative estimate of drug-likeness (QED) is 0.534. The molecule has 0 bridgehead atoms. The summed E-state index contributed by atoms with van der Waals surface area (Å²) in [7, 11) is 3.06. The van der Waals surface area contributed by atoms with Gasteiger partial charge in [0.1, 0.15) is 12.3 Å². The van der Waals surface area contributed by atoms with E-state index in [9.17, 15) is 9.59 Å². The summed E-state index contributed by atoms with van der Waals surface area (Å²) in [5.41, 5.74) is 1.96. The van der Waals surface area contributed by atoms with Gasteiger partial charge in [-0.2, -0.15) is 0 Å². The summed E-state index contributed by atoms with van der Waals surface area (Å²) in [6, 6.07) is 12.4. The highest BCUT2D eigenvalue weighted by Crippen LogP contribution is 2.28. The molecule has 0 saturated heterocycles. The Hall–Kier alpha value is -3.81. The number of ether oxygens (including phenoxy) is 3. The molecule has 0 aliphatic carbocycles. The minimum Gasteiger partial charge on any atom is -0.493 e. The number of imidazole rings is 1. The molecule has 1 heterocycles. The molecule has 0 fully saturated rings. The number of esters is 1. The number of rotatable bonds is 8. The van der Waals surface area contributed by atoms with Crippen LogP contribution in [-0.4, -0.2) is 42.7 Å². The number of methoxy groups -OCH3 is 2. The second-order valence-electron chi connectivity index (χ2n) is 7.53. The summed E-state index contributed by atoms with van der Waals surface area (Å²) in [6.45, 7) is 4.15. The number of nitrogens with one attached hydrogen (secondary N) is 2. The van der Waals surface area contributed by atoms with Gasteiger partial charge in [-0.3, -0.25) is 4.79 Å². The Morgan fingerprint density at radius 1 is 1.03 bits per heavy atom. The summed E-state index contributed by atoms with van der Waals surface area (Å²) in [6.07, 6.45) is 2.85. The molecule has 31 heavy (non-hydrogen) atoms. The van der Waals surface area contributed by atoms with Crippen molar-refractivity contribution in [3.63, 3.8) is 0 Å². The van der Waals surface area contributed by atoms with E-state index in [4.69, 9.17) is 14.2 Å². The third kappa shape index (κ3) is 5.22. The summed E-state index contributed by atoms with van der Waals surface area (Å²) in [5, 5.41) is 2.86. The smallest absolute Gasteiger partial charge is 0.356 e. The molecule has 0 aliphatic heterocycles. The summed E-state index contributed by atoms with van der Waals surface area (Å²) < 4.78 is 15.8. The topological polar surface area (TPSA) is 103 Å². The van der Waals surface area contributed by atoms with Crippen molar-refractivity contribution in [3.8, 4) is 11.5 Å². The average molecular weight is 423 g/mol. The van der Waals surface area contributed by atoms with E-state index in [1.54, 1.807) is 25.3 Å². The standard InChI is InChI=1S/C23H25N3O5/c1-23(2,13-31-22(28)18-12-24-14-25-18)16-6-8-17(9-7-16)26-21(27)15-5-10-19(29-3)20(11-15)30-4/h5-12,14H,13H2,1-4H3,(H,24,25)(H,26,27). The molecule has 2 N–H and O–H groups in total. The van der Waals surface area contributed by atoms with Crippen molar-refractivity contribution in [1.82, 2.24) is 9.97 Å². The Morgan fingerprint density at radius 2 is 1.74 bits per heavy atom. The Balaban J connectivity index is 1.64. The number of benzene rings is 2. The number of aromatic nitrogens is 2. The van der Waals surface area contributed by atoms with Crippen LogP contribution in [0.1, 0.15) is 40.3 Å². The number of hydrogen-bond acceptors (Lipinski definition) is 6. The van der Waals surface area contributed by atoms with Crippen molar-refractivity contribution in [2.45, 2.75) is 19.3 Å². The van der Waals surface area contributed by atoms with Crippen LogP contribution >= 0.6 is 0 Å². The molecule has 2 aromatic carbocycles. The number of nitrogens with zero attached hydrogens (tertiary/aromatic N) is 1. The maximum Gasteiger partial charge on any atom is 0.356 e. The van der Waals surface area contributed by atoms with Gasteiger partial charge in [0.15, 0.2) is 11.5 Å². The number of aromatic amines is 1. The lowest BCUT2D eigenvalue weighted by molar-refractivity contribution is 0.0420. The molecule has 8 heteroatoms. The SMILES string of the molecule is COc1ccc(C(=O)Nc2ccc(C(C)(C)COC(=O)c3cnc[nH]3)cc2)cc1OC. The average Bonchev–Trinajstić information content (AvgIpc) is 3.32. The van der Waals surface area contributed by atoms with E-state index in [0.717, 1.165) is 5.56 Å². The fourth-order valence-corrected chi connectivity index (χ4v) is 2.96. The van der Waals surface area contributed by atoms with Gasteiger partial charge in [-0.15, -0.1) is 0 Å². The first kappa shape index (κ1) is 21.9. The van der Waals surface area contributed by atoms with Gasteiger partial charge in [0, 0.05) is 16.7 Å². The predicted octanol–water partition coefficient (Wildman–Crippen LogP) is 3.81. The van der Waals surface area contributed by atoms with Crippen LogP contribution in [0.3, 0.4) is 0 Å². The molecule has 0 atom stereocenters. The highest BCUT2D eigenvalue weighted by molar-refractivity contribution is 6.04. The number of carbonyl (C=O) groups is 2. The van der Waals surface area contributed by atoms with Crippen LogP contribution in [0.4, 0.5) is 5.69 Å². The molecule has 0 unspecified atom stereocenters. The highest BCUT2D eigenvalue weighted by atomic mass is 16.5. The van der Waals surface area contributed by atoms with Crippen LogP contribution < -0.4 is 14.8 Å². The van der Waals surface area contributed by atoms with Gasteiger partial charge in [0.25, 0.3) is 5.91 Å². The molecule has 3 rings (SSSR count). The minimum absolute atomic E-state index is 0.197. The van der Waals surface area contributed by atoms with E-state index in [-0.39, 0.29) is 12.5 Å². The Bertz CT molecular complexity index is 1040. The van der Waals surface area contributed by atoms with Gasteiger partial charge in [-0.1, -0.05) is 26.0 Å². The number of hydrogen-bond donors (Lipinski definition) is 2. The molecule has 0 saturated carbocycles. The number of H-pyrrole nitrogens is 1. The maximum absolute atomic E-state index is 12.6. The second-order valence-corrected chi connectivity index (χ2v) is 7.53. The van der Waals surface area contributed by atoms with Crippen LogP contribution in [0.5, 0.6) is 11.5 Å². The first-order valence-electron chi connectivity index (χ1n) is 9.63. The molecule has 3 aromatic rings. The first-order valence-corrected chi connectivity index (χ1v) is 9.63. The third-order valence-corrected chi connectivity index (χ3v) is 4.85. The lowest BCUT2D eigenvalue weighted by atomic mass is 9.85. The fourth-order valence-electron chi connectivity index (χ4n) is 2.96. The number of anilines is 1. The molecule has 1 amide bonds. The zero-order valence-electron chi connectivity index (χ0n) is 17.9. The number of carbonyl (C=O) groups excluding carboxylic acids is 2. The first-order chi connectivity index (χ1) is 14.8. The van der Waals surface area contributed by atoms with Crippen LogP contribution in [0.2, 0.25) is 0 Å². The van der Waals surface area contributed by atoms with E-state index in [2.05, 4.69) is 15.3 Å². The molecule has 0 aliphatic rings. The zero-order chi connectivity index (χ0) is 22.4. The fraction of sp³-hybridized carbons (Fsp3) is 0.261. The molecular formula is C23H25N3O5. The normalized spacial score (nSPS) is 11.0. The van der Waals surface area contributed by atoms with E-state index in [1.807, 2.05) is 38.1 Å². The summed E-state index contributed by atoms with van der Waals surface area (Å²) in [4.78, 5) is 31.1. The number of amides is 1. The molecule has 1 aromatic heterocycles. The van der Waals surface area contributed by atoms with Crippen LogP contribution in [0, 0.1) is 0 Å². The minimum atomic E-state index is -0.454. The van der Waals surface area contributed by atoms with Crippen molar-refractivity contribution < 1.29 is 23.8 Å².